The van der Waals surface area contributed by atoms with Crippen LogP contribution < -0.4 is 5.32 Å². The Labute approximate surface area is 126 Å². The third-order valence-electron chi connectivity index (χ3n) is 3.03. The van der Waals surface area contributed by atoms with Crippen LogP contribution in [0.3, 0.4) is 0 Å². The van der Waals surface area contributed by atoms with E-state index in [1.54, 1.807) is 36.4 Å². The molecule has 2 aromatic carbocycles. The molecule has 0 aliphatic rings. The largest absolute Gasteiger partial charge is 0.507 e. The van der Waals surface area contributed by atoms with E-state index in [4.69, 9.17) is 0 Å². The maximum Gasteiger partial charge on any atom is 0.278 e. The Morgan fingerprint density at radius 3 is 2.36 bits per heavy atom. The lowest BCUT2D eigenvalue weighted by Crippen LogP contribution is -2.20. The first-order valence-corrected chi connectivity index (χ1v) is 6.68. The van der Waals surface area contributed by atoms with Crippen LogP contribution in [0.4, 0.5) is 8.78 Å². The van der Waals surface area contributed by atoms with Gasteiger partial charge < -0.3 is 10.4 Å². The molecule has 0 saturated carbocycles. The Hall–Kier alpha value is -2.69. The molecule has 0 spiro atoms. The fourth-order valence-corrected chi connectivity index (χ4v) is 1.89. The molecular weight excluding hydrogens is 288 g/mol. The maximum absolute atomic E-state index is 13.0. The van der Waals surface area contributed by atoms with Crippen molar-refractivity contribution in [3.8, 4) is 5.75 Å². The lowest BCUT2D eigenvalue weighted by Gasteiger charge is -2.10. The third kappa shape index (κ3) is 4.15. The second-order valence-corrected chi connectivity index (χ2v) is 4.62. The molecule has 3 nitrogen and oxygen atoms in total. The zero-order chi connectivity index (χ0) is 15.9. The summed E-state index contributed by atoms with van der Waals surface area (Å²) in [6, 6.07) is 14.8. The van der Waals surface area contributed by atoms with Crippen molar-refractivity contribution in [2.45, 2.75) is 13.0 Å². The molecule has 0 aliphatic carbocycles. The van der Waals surface area contributed by atoms with Crippen LogP contribution in [-0.2, 0) is 6.54 Å². The smallest absolute Gasteiger partial charge is 0.278 e. The van der Waals surface area contributed by atoms with E-state index in [1.165, 1.54) is 12.1 Å². The summed E-state index contributed by atoms with van der Waals surface area (Å²) in [5, 5.41) is 12.1. The number of nitrogens with one attached hydrogen (secondary N) is 1. The number of alkyl halides is 2. The molecule has 5 heteroatoms. The topological polar surface area (TPSA) is 49.3 Å². The predicted octanol–water partition coefficient (Wildman–Crippen LogP) is 3.51. The van der Waals surface area contributed by atoms with Crippen LogP contribution in [0, 0.1) is 0 Å². The van der Waals surface area contributed by atoms with Gasteiger partial charge in [-0.1, -0.05) is 42.5 Å². The number of carbonyl (C=O) groups excluding carboxylic acids is 1. The van der Waals surface area contributed by atoms with Crippen molar-refractivity contribution >= 4 is 5.78 Å². The number of aromatic hydroxyl groups is 1. The van der Waals surface area contributed by atoms with Gasteiger partial charge in [-0.2, -0.15) is 0 Å². The van der Waals surface area contributed by atoms with Gasteiger partial charge in [0.2, 0.25) is 0 Å². The first kappa shape index (κ1) is 15.7. The van der Waals surface area contributed by atoms with Gasteiger partial charge >= 0.3 is 0 Å². The molecule has 0 aromatic heterocycles. The summed E-state index contributed by atoms with van der Waals surface area (Å²) in [6.07, 6.45) is -1.98. The average Bonchev–Trinajstić information content (AvgIpc) is 2.52. The molecule has 0 radical (unpaired) electrons. The number of phenols is 1. The van der Waals surface area contributed by atoms with Gasteiger partial charge in [-0.15, -0.1) is 0 Å². The Morgan fingerprint density at radius 1 is 1.09 bits per heavy atom. The summed E-state index contributed by atoms with van der Waals surface area (Å²) in [4.78, 5) is 12.0. The molecule has 0 amide bonds. The number of rotatable bonds is 6. The van der Waals surface area contributed by atoms with Crippen molar-refractivity contribution in [1.29, 1.82) is 0 Å². The van der Waals surface area contributed by atoms with Crippen molar-refractivity contribution in [3.63, 3.8) is 0 Å². The number of allylic oxidation sites excluding steroid dienone is 2. The van der Waals surface area contributed by atoms with Crippen LogP contribution in [0.2, 0.25) is 0 Å². The molecule has 2 aromatic rings. The summed E-state index contributed by atoms with van der Waals surface area (Å²) in [7, 11) is 0. The van der Waals surface area contributed by atoms with Crippen LogP contribution in [-0.4, -0.2) is 17.3 Å². The molecule has 22 heavy (non-hydrogen) atoms. The van der Waals surface area contributed by atoms with E-state index in [-0.39, 0.29) is 17.9 Å². The monoisotopic (exact) mass is 303 g/mol. The van der Waals surface area contributed by atoms with Gasteiger partial charge in [-0.3, -0.25) is 4.79 Å². The highest BCUT2D eigenvalue weighted by atomic mass is 19.3. The number of phenolic OH excluding ortho intramolecular Hbond substituents is 1. The molecule has 0 aliphatic heterocycles. The number of hydrogen-bond donors (Lipinski definition) is 2. The van der Waals surface area contributed by atoms with Gasteiger partial charge in [-0.05, 0) is 17.7 Å². The Kier molecular flexibility index (Phi) is 5.25. The van der Waals surface area contributed by atoms with Crippen LogP contribution in [0.15, 0.2) is 66.4 Å². The maximum atomic E-state index is 13.0. The third-order valence-corrected chi connectivity index (χ3v) is 3.03. The highest BCUT2D eigenvalue weighted by Gasteiger charge is 2.15. The molecule has 0 unspecified atom stereocenters. The number of benzene rings is 2. The number of hydrogen-bond acceptors (Lipinski definition) is 3. The van der Waals surface area contributed by atoms with E-state index in [2.05, 4.69) is 5.32 Å². The molecule has 0 fully saturated rings. The molecular formula is C17H15F2NO2. The van der Waals surface area contributed by atoms with Crippen molar-refractivity contribution in [2.75, 3.05) is 0 Å². The van der Waals surface area contributed by atoms with Gasteiger partial charge in [0.15, 0.2) is 5.78 Å². The number of para-hydroxylation sites is 1. The number of carbonyl (C=O) groups is 1. The van der Waals surface area contributed by atoms with E-state index < -0.39 is 17.9 Å². The molecule has 2 N–H and O–H groups in total. The fraction of sp³-hybridized carbons (Fsp3) is 0.118. The SMILES string of the molecule is O=C(C=C(NCc1ccccc1)C(F)F)c1ccccc1O. The lowest BCUT2D eigenvalue weighted by atomic mass is 10.1. The minimum absolute atomic E-state index is 0.0119. The highest BCUT2D eigenvalue weighted by Crippen LogP contribution is 2.18. The minimum Gasteiger partial charge on any atom is -0.507 e. The predicted molar refractivity (Wildman–Crippen MR) is 79.8 cm³/mol. The zero-order valence-electron chi connectivity index (χ0n) is 11.7. The lowest BCUT2D eigenvalue weighted by molar-refractivity contribution is 0.103. The quantitative estimate of drug-likeness (QED) is 0.634. The summed E-state index contributed by atoms with van der Waals surface area (Å²) in [5.74, 6) is -0.908. The van der Waals surface area contributed by atoms with Crippen molar-refractivity contribution in [3.05, 3.63) is 77.5 Å². The number of halogens is 2. The van der Waals surface area contributed by atoms with E-state index in [9.17, 15) is 18.7 Å². The van der Waals surface area contributed by atoms with Gasteiger partial charge in [-0.25, -0.2) is 8.78 Å². The summed E-state index contributed by atoms with van der Waals surface area (Å²) >= 11 is 0. The average molecular weight is 303 g/mol. The Bertz CT molecular complexity index is 669. The minimum atomic E-state index is -2.81. The molecule has 114 valence electrons. The van der Waals surface area contributed by atoms with E-state index in [0.717, 1.165) is 11.6 Å². The first-order valence-electron chi connectivity index (χ1n) is 6.68. The van der Waals surface area contributed by atoms with Crippen LogP contribution in [0.5, 0.6) is 5.75 Å². The molecule has 0 saturated heterocycles. The molecule has 0 bridgehead atoms. The van der Waals surface area contributed by atoms with Crippen LogP contribution in [0.25, 0.3) is 0 Å². The van der Waals surface area contributed by atoms with Crippen LogP contribution >= 0.6 is 0 Å². The summed E-state index contributed by atoms with van der Waals surface area (Å²) in [6.45, 7) is 0.186. The zero-order valence-corrected chi connectivity index (χ0v) is 11.7. The Balaban J connectivity index is 2.13. The fourth-order valence-electron chi connectivity index (χ4n) is 1.89. The van der Waals surface area contributed by atoms with Gasteiger partial charge in [0.25, 0.3) is 6.43 Å². The van der Waals surface area contributed by atoms with E-state index in [0.29, 0.717) is 0 Å². The second kappa shape index (κ2) is 7.36. The summed E-state index contributed by atoms with van der Waals surface area (Å²) in [5.41, 5.74) is 0.336. The second-order valence-electron chi connectivity index (χ2n) is 4.62. The van der Waals surface area contributed by atoms with Gasteiger partial charge in [0.05, 0.1) is 11.3 Å². The van der Waals surface area contributed by atoms with Gasteiger partial charge in [0.1, 0.15) is 5.75 Å². The van der Waals surface area contributed by atoms with E-state index in [1.807, 2.05) is 6.07 Å². The first-order chi connectivity index (χ1) is 10.6. The molecule has 0 atom stereocenters. The van der Waals surface area contributed by atoms with Crippen molar-refractivity contribution in [1.82, 2.24) is 5.32 Å². The Morgan fingerprint density at radius 2 is 1.73 bits per heavy atom. The number of ketones is 1. The van der Waals surface area contributed by atoms with Gasteiger partial charge in [0, 0.05) is 12.6 Å². The van der Waals surface area contributed by atoms with E-state index >= 15 is 0 Å². The van der Waals surface area contributed by atoms with Crippen molar-refractivity contribution < 1.29 is 18.7 Å². The normalized spacial score (nSPS) is 11.5. The molecule has 2 rings (SSSR count). The van der Waals surface area contributed by atoms with Crippen LogP contribution in [0.1, 0.15) is 15.9 Å². The van der Waals surface area contributed by atoms with Crippen molar-refractivity contribution in [2.24, 2.45) is 0 Å². The standard InChI is InChI=1S/C17H15F2NO2/c18-17(19)14(20-11-12-6-2-1-3-7-12)10-16(22)13-8-4-5-9-15(13)21/h1-10,17,20-21H,11H2. The highest BCUT2D eigenvalue weighted by molar-refractivity contribution is 6.06. The molecule has 0 heterocycles. The summed E-state index contributed by atoms with van der Waals surface area (Å²) < 4.78 is 26.1.